The first kappa shape index (κ1) is 12.7. The standard InChI is InChI=1S/C12H14N4OS/c13-10(7-6-9-4-2-1-3-5-9)11(17)15-12-16-14-8-18-12/h1-5,8,10H,6-7,13H2,(H,15,16,17)/t10-/m0/s1. The Hall–Kier alpha value is -1.79. The summed E-state index contributed by atoms with van der Waals surface area (Å²) in [5.74, 6) is -0.220. The highest BCUT2D eigenvalue weighted by molar-refractivity contribution is 7.13. The lowest BCUT2D eigenvalue weighted by Gasteiger charge is -2.10. The van der Waals surface area contributed by atoms with E-state index in [0.717, 1.165) is 6.42 Å². The van der Waals surface area contributed by atoms with Crippen LogP contribution in [0.3, 0.4) is 0 Å². The summed E-state index contributed by atoms with van der Waals surface area (Å²) >= 11 is 1.27. The fraction of sp³-hybridized carbons (Fsp3) is 0.250. The molecule has 18 heavy (non-hydrogen) atoms. The number of aromatic nitrogens is 2. The van der Waals surface area contributed by atoms with Crippen molar-refractivity contribution in [3.8, 4) is 0 Å². The van der Waals surface area contributed by atoms with Crippen molar-refractivity contribution in [1.82, 2.24) is 10.2 Å². The molecule has 0 spiro atoms. The average Bonchev–Trinajstić information content (AvgIpc) is 2.90. The van der Waals surface area contributed by atoms with Gasteiger partial charge in [-0.15, -0.1) is 10.2 Å². The van der Waals surface area contributed by atoms with E-state index in [9.17, 15) is 4.79 Å². The largest absolute Gasteiger partial charge is 0.320 e. The van der Waals surface area contributed by atoms with Gasteiger partial charge in [0.05, 0.1) is 6.04 Å². The summed E-state index contributed by atoms with van der Waals surface area (Å²) in [7, 11) is 0. The molecule has 1 atom stereocenters. The summed E-state index contributed by atoms with van der Waals surface area (Å²) in [6.07, 6.45) is 1.39. The van der Waals surface area contributed by atoms with Crippen LogP contribution in [0, 0.1) is 0 Å². The van der Waals surface area contributed by atoms with E-state index >= 15 is 0 Å². The molecule has 0 radical (unpaired) electrons. The number of carbonyl (C=O) groups excluding carboxylic acids is 1. The van der Waals surface area contributed by atoms with Crippen LogP contribution in [0.5, 0.6) is 0 Å². The van der Waals surface area contributed by atoms with Gasteiger partial charge in [0.1, 0.15) is 5.51 Å². The van der Waals surface area contributed by atoms with Gasteiger partial charge in [0.25, 0.3) is 0 Å². The predicted molar refractivity (Wildman–Crippen MR) is 71.3 cm³/mol. The fourth-order valence-corrected chi connectivity index (χ4v) is 1.97. The van der Waals surface area contributed by atoms with Gasteiger partial charge >= 0.3 is 0 Å². The van der Waals surface area contributed by atoms with Crippen molar-refractivity contribution in [2.45, 2.75) is 18.9 Å². The summed E-state index contributed by atoms with van der Waals surface area (Å²) in [6, 6.07) is 9.43. The summed E-state index contributed by atoms with van der Waals surface area (Å²) in [5.41, 5.74) is 8.56. The van der Waals surface area contributed by atoms with Gasteiger partial charge in [-0.1, -0.05) is 41.7 Å². The van der Waals surface area contributed by atoms with Crippen molar-refractivity contribution < 1.29 is 4.79 Å². The molecule has 0 unspecified atom stereocenters. The molecule has 0 aliphatic rings. The molecule has 0 aliphatic heterocycles. The lowest BCUT2D eigenvalue weighted by atomic mass is 10.1. The number of nitrogens with zero attached hydrogens (tertiary/aromatic N) is 2. The smallest absolute Gasteiger partial charge is 0.243 e. The third kappa shape index (κ3) is 3.61. The second-order valence-corrected chi connectivity index (χ2v) is 4.70. The van der Waals surface area contributed by atoms with Crippen LogP contribution in [-0.2, 0) is 11.2 Å². The van der Waals surface area contributed by atoms with Gasteiger partial charge in [-0.05, 0) is 18.4 Å². The molecule has 6 heteroatoms. The lowest BCUT2D eigenvalue weighted by Crippen LogP contribution is -2.36. The molecule has 1 heterocycles. The second-order valence-electron chi connectivity index (χ2n) is 3.86. The van der Waals surface area contributed by atoms with Crippen molar-refractivity contribution in [2.75, 3.05) is 5.32 Å². The SMILES string of the molecule is N[C@@H](CCc1ccccc1)C(=O)Nc1nncs1. The van der Waals surface area contributed by atoms with Crippen LogP contribution in [-0.4, -0.2) is 22.1 Å². The number of aryl methyl sites for hydroxylation is 1. The number of nitrogens with one attached hydrogen (secondary N) is 1. The first-order valence-electron chi connectivity index (χ1n) is 5.62. The van der Waals surface area contributed by atoms with Gasteiger partial charge in [0.2, 0.25) is 11.0 Å². The van der Waals surface area contributed by atoms with Crippen molar-refractivity contribution >= 4 is 22.4 Å². The third-order valence-electron chi connectivity index (χ3n) is 2.51. The molecule has 2 rings (SSSR count). The van der Waals surface area contributed by atoms with Crippen molar-refractivity contribution in [3.05, 3.63) is 41.4 Å². The molecule has 1 amide bonds. The predicted octanol–water partition coefficient (Wildman–Crippen LogP) is 1.44. The second kappa shape index (κ2) is 6.23. The number of benzene rings is 1. The van der Waals surface area contributed by atoms with E-state index in [2.05, 4.69) is 15.5 Å². The van der Waals surface area contributed by atoms with E-state index in [-0.39, 0.29) is 5.91 Å². The lowest BCUT2D eigenvalue weighted by molar-refractivity contribution is -0.117. The molecular weight excluding hydrogens is 248 g/mol. The van der Waals surface area contributed by atoms with Gasteiger partial charge in [-0.25, -0.2) is 0 Å². The van der Waals surface area contributed by atoms with Crippen LogP contribution in [0.1, 0.15) is 12.0 Å². The maximum absolute atomic E-state index is 11.7. The molecular formula is C12H14N4OS. The van der Waals surface area contributed by atoms with Crippen LogP contribution < -0.4 is 11.1 Å². The molecule has 0 aliphatic carbocycles. The Morgan fingerprint density at radius 1 is 1.39 bits per heavy atom. The quantitative estimate of drug-likeness (QED) is 0.854. The van der Waals surface area contributed by atoms with E-state index in [1.54, 1.807) is 5.51 Å². The number of nitrogens with two attached hydrogens (primary N) is 1. The molecule has 0 bridgehead atoms. The number of amides is 1. The van der Waals surface area contributed by atoms with E-state index in [1.807, 2.05) is 30.3 Å². The summed E-state index contributed by atoms with van der Waals surface area (Å²) in [4.78, 5) is 11.7. The zero-order valence-corrected chi connectivity index (χ0v) is 10.6. The molecule has 1 aromatic carbocycles. The maximum Gasteiger partial charge on any atom is 0.243 e. The minimum atomic E-state index is -0.533. The number of rotatable bonds is 5. The first-order valence-corrected chi connectivity index (χ1v) is 6.50. The minimum Gasteiger partial charge on any atom is -0.320 e. The molecule has 0 fully saturated rings. The minimum absolute atomic E-state index is 0.220. The Labute approximate surface area is 109 Å². The van der Waals surface area contributed by atoms with E-state index in [0.29, 0.717) is 11.6 Å². The molecule has 94 valence electrons. The van der Waals surface area contributed by atoms with Gasteiger partial charge < -0.3 is 5.73 Å². The van der Waals surface area contributed by atoms with Gasteiger partial charge in [-0.3, -0.25) is 10.1 Å². The zero-order valence-electron chi connectivity index (χ0n) is 9.74. The Morgan fingerprint density at radius 2 is 2.17 bits per heavy atom. The molecule has 2 aromatic rings. The fourth-order valence-electron chi connectivity index (χ4n) is 1.52. The molecule has 0 saturated heterocycles. The monoisotopic (exact) mass is 262 g/mol. The number of hydrogen-bond donors (Lipinski definition) is 2. The zero-order chi connectivity index (χ0) is 12.8. The first-order chi connectivity index (χ1) is 8.75. The van der Waals surface area contributed by atoms with Gasteiger partial charge in [-0.2, -0.15) is 0 Å². The van der Waals surface area contributed by atoms with Crippen LogP contribution in [0.4, 0.5) is 5.13 Å². The Kier molecular flexibility index (Phi) is 4.38. The van der Waals surface area contributed by atoms with E-state index in [4.69, 9.17) is 5.73 Å². The Balaban J connectivity index is 1.81. The molecule has 3 N–H and O–H groups in total. The highest BCUT2D eigenvalue weighted by atomic mass is 32.1. The van der Waals surface area contributed by atoms with Gasteiger partial charge in [0, 0.05) is 0 Å². The average molecular weight is 262 g/mol. The molecule has 0 saturated carbocycles. The number of hydrogen-bond acceptors (Lipinski definition) is 5. The summed E-state index contributed by atoms with van der Waals surface area (Å²) < 4.78 is 0. The van der Waals surface area contributed by atoms with E-state index in [1.165, 1.54) is 16.9 Å². The Bertz CT molecular complexity index is 486. The van der Waals surface area contributed by atoms with Crippen molar-refractivity contribution in [3.63, 3.8) is 0 Å². The summed E-state index contributed by atoms with van der Waals surface area (Å²) in [6.45, 7) is 0. The highest BCUT2D eigenvalue weighted by Crippen LogP contribution is 2.09. The van der Waals surface area contributed by atoms with Crippen molar-refractivity contribution in [2.24, 2.45) is 5.73 Å². The third-order valence-corrected chi connectivity index (χ3v) is 3.12. The van der Waals surface area contributed by atoms with Crippen LogP contribution in [0.2, 0.25) is 0 Å². The van der Waals surface area contributed by atoms with Crippen LogP contribution in [0.15, 0.2) is 35.8 Å². The molecule has 1 aromatic heterocycles. The van der Waals surface area contributed by atoms with Crippen LogP contribution in [0.25, 0.3) is 0 Å². The Morgan fingerprint density at radius 3 is 2.83 bits per heavy atom. The summed E-state index contributed by atoms with van der Waals surface area (Å²) in [5, 5.41) is 10.5. The maximum atomic E-state index is 11.7. The van der Waals surface area contributed by atoms with E-state index < -0.39 is 6.04 Å². The normalized spacial score (nSPS) is 12.1. The number of carbonyl (C=O) groups is 1. The molecule has 5 nitrogen and oxygen atoms in total. The van der Waals surface area contributed by atoms with Gasteiger partial charge in [0.15, 0.2) is 0 Å². The van der Waals surface area contributed by atoms with Crippen molar-refractivity contribution in [1.29, 1.82) is 0 Å². The topological polar surface area (TPSA) is 80.9 Å². The number of anilines is 1. The van der Waals surface area contributed by atoms with Crippen LogP contribution >= 0.6 is 11.3 Å². The highest BCUT2D eigenvalue weighted by Gasteiger charge is 2.14.